The van der Waals surface area contributed by atoms with Gasteiger partial charge in [-0.3, -0.25) is 4.79 Å². The van der Waals surface area contributed by atoms with E-state index < -0.39 is 0 Å². The Labute approximate surface area is 186 Å². The number of pyridine rings is 1. The van der Waals surface area contributed by atoms with Crippen molar-refractivity contribution in [1.82, 2.24) is 15.0 Å². The number of rotatable bonds is 8. The van der Waals surface area contributed by atoms with Gasteiger partial charge in [0.15, 0.2) is 0 Å². The van der Waals surface area contributed by atoms with Gasteiger partial charge in [-0.1, -0.05) is 12.1 Å². The molecule has 3 aromatic rings. The molecule has 0 spiro atoms. The molecule has 9 heteroatoms. The highest BCUT2D eigenvalue weighted by Crippen LogP contribution is 2.32. The van der Waals surface area contributed by atoms with Gasteiger partial charge in [0.05, 0.1) is 24.7 Å². The third-order valence-electron chi connectivity index (χ3n) is 5.43. The highest BCUT2D eigenvalue weighted by molar-refractivity contribution is 5.85. The molecule has 0 unspecified atom stereocenters. The Kier molecular flexibility index (Phi) is 6.76. The Hall–Kier alpha value is -3.72. The van der Waals surface area contributed by atoms with Gasteiger partial charge in [-0.2, -0.15) is 0 Å². The van der Waals surface area contributed by atoms with Gasteiger partial charge in [-0.25, -0.2) is 15.0 Å². The van der Waals surface area contributed by atoms with Crippen LogP contribution in [0.4, 0.5) is 22.9 Å². The van der Waals surface area contributed by atoms with Crippen LogP contribution in [-0.2, 0) is 9.53 Å². The highest BCUT2D eigenvalue weighted by Gasteiger charge is 2.24. The van der Waals surface area contributed by atoms with E-state index in [0.29, 0.717) is 25.0 Å². The van der Waals surface area contributed by atoms with E-state index in [-0.39, 0.29) is 6.04 Å². The normalized spacial score (nSPS) is 13.9. The second kappa shape index (κ2) is 10.1. The molecule has 0 radical (unpaired) electrons. The Morgan fingerprint density at radius 1 is 1.06 bits per heavy atom. The average Bonchev–Trinajstić information content (AvgIpc) is 2.86. The van der Waals surface area contributed by atoms with Crippen molar-refractivity contribution in [1.29, 1.82) is 0 Å². The fraction of sp³-hybridized carbons (Fsp3) is 0.304. The maximum atomic E-state index is 12.0. The van der Waals surface area contributed by atoms with E-state index in [1.165, 1.54) is 7.11 Å². The molecular formula is C23H26N6O3. The minimum atomic E-state index is 0.106. The average molecular weight is 435 g/mol. The molecule has 1 aromatic carbocycles. The topological polar surface area (TPSA) is 102 Å². The third-order valence-corrected chi connectivity index (χ3v) is 5.43. The number of anilines is 4. The van der Waals surface area contributed by atoms with E-state index in [9.17, 15) is 4.79 Å². The number of methoxy groups -OCH3 is 1. The van der Waals surface area contributed by atoms with Crippen molar-refractivity contribution in [3.05, 3.63) is 48.9 Å². The van der Waals surface area contributed by atoms with E-state index >= 15 is 0 Å². The fourth-order valence-electron chi connectivity index (χ4n) is 3.69. The molecule has 1 aliphatic rings. The summed E-state index contributed by atoms with van der Waals surface area (Å²) in [6.07, 6.45) is 7.69. The highest BCUT2D eigenvalue weighted by atomic mass is 16.5. The standard InChI is InChI=1S/C23H26N6O3/c1-24-20-14-25-22(11-21(20)29(15-30)19-7-9-32-10-8-19)28-18-5-3-16(4-6-18)17-12-26-23(31-2)27-13-17/h3-6,11-15,19,24H,7-10H2,1-2H3,(H,25,28). The lowest BCUT2D eigenvalue weighted by atomic mass is 10.1. The summed E-state index contributed by atoms with van der Waals surface area (Å²) in [7, 11) is 3.36. The summed E-state index contributed by atoms with van der Waals surface area (Å²) in [6.45, 7) is 1.32. The zero-order valence-corrected chi connectivity index (χ0v) is 18.1. The first-order valence-corrected chi connectivity index (χ1v) is 10.4. The summed E-state index contributed by atoms with van der Waals surface area (Å²) in [5.74, 6) is 0.651. The zero-order valence-electron chi connectivity index (χ0n) is 18.1. The number of nitrogens with one attached hydrogen (secondary N) is 2. The molecule has 2 N–H and O–H groups in total. The number of nitrogens with zero attached hydrogens (tertiary/aromatic N) is 4. The van der Waals surface area contributed by atoms with Crippen LogP contribution in [0.5, 0.6) is 6.01 Å². The fourth-order valence-corrected chi connectivity index (χ4v) is 3.69. The third kappa shape index (κ3) is 4.78. The minimum absolute atomic E-state index is 0.106. The number of benzene rings is 1. The predicted molar refractivity (Wildman–Crippen MR) is 123 cm³/mol. The first-order valence-electron chi connectivity index (χ1n) is 10.4. The SMILES string of the molecule is CNc1cnc(Nc2ccc(-c3cnc(OC)nc3)cc2)cc1N(C=O)C1CCOCC1. The molecular weight excluding hydrogens is 408 g/mol. The van der Waals surface area contributed by atoms with Crippen LogP contribution in [-0.4, -0.2) is 54.8 Å². The molecule has 0 bridgehead atoms. The van der Waals surface area contributed by atoms with Gasteiger partial charge in [-0.05, 0) is 30.5 Å². The molecule has 0 aliphatic carbocycles. The van der Waals surface area contributed by atoms with Gasteiger partial charge in [0.25, 0.3) is 0 Å². The molecule has 9 nitrogen and oxygen atoms in total. The summed E-state index contributed by atoms with van der Waals surface area (Å²) in [5.41, 5.74) is 4.35. The summed E-state index contributed by atoms with van der Waals surface area (Å²) >= 11 is 0. The van der Waals surface area contributed by atoms with Gasteiger partial charge in [0.2, 0.25) is 6.41 Å². The van der Waals surface area contributed by atoms with Gasteiger partial charge < -0.3 is 25.0 Å². The van der Waals surface area contributed by atoms with Gasteiger partial charge in [0.1, 0.15) is 5.82 Å². The van der Waals surface area contributed by atoms with Crippen molar-refractivity contribution in [3.63, 3.8) is 0 Å². The molecule has 2 aromatic heterocycles. The van der Waals surface area contributed by atoms with E-state index in [0.717, 1.165) is 47.4 Å². The van der Waals surface area contributed by atoms with E-state index in [2.05, 4.69) is 25.6 Å². The quantitative estimate of drug-likeness (QED) is 0.520. The largest absolute Gasteiger partial charge is 0.467 e. The molecule has 32 heavy (non-hydrogen) atoms. The van der Waals surface area contributed by atoms with Crippen molar-refractivity contribution < 1.29 is 14.3 Å². The summed E-state index contributed by atoms with van der Waals surface area (Å²) in [5, 5.41) is 6.45. The van der Waals surface area contributed by atoms with Gasteiger partial charge in [-0.15, -0.1) is 0 Å². The number of hydrogen-bond donors (Lipinski definition) is 2. The van der Waals surface area contributed by atoms with E-state index in [1.54, 1.807) is 23.5 Å². The van der Waals surface area contributed by atoms with Crippen LogP contribution in [0, 0.1) is 0 Å². The predicted octanol–water partition coefficient (Wildman–Crippen LogP) is 3.47. The number of carbonyl (C=O) groups excluding carboxylic acids is 1. The minimum Gasteiger partial charge on any atom is -0.467 e. The molecule has 1 amide bonds. The first-order chi connectivity index (χ1) is 15.7. The van der Waals surface area contributed by atoms with Crippen molar-refractivity contribution in [3.8, 4) is 17.1 Å². The number of ether oxygens (including phenoxy) is 2. The van der Waals surface area contributed by atoms with Crippen molar-refractivity contribution in [2.24, 2.45) is 0 Å². The van der Waals surface area contributed by atoms with Gasteiger partial charge >= 0.3 is 6.01 Å². The van der Waals surface area contributed by atoms with Crippen LogP contribution in [0.25, 0.3) is 11.1 Å². The molecule has 1 saturated heterocycles. The number of aromatic nitrogens is 3. The second-order valence-electron chi connectivity index (χ2n) is 7.35. The summed E-state index contributed by atoms with van der Waals surface area (Å²) in [4.78, 5) is 26.5. The van der Waals surface area contributed by atoms with Crippen molar-refractivity contribution in [2.45, 2.75) is 18.9 Å². The maximum absolute atomic E-state index is 12.0. The second-order valence-corrected chi connectivity index (χ2v) is 7.35. The Bertz CT molecular complexity index is 1040. The zero-order chi connectivity index (χ0) is 22.3. The van der Waals surface area contributed by atoms with Crippen LogP contribution >= 0.6 is 0 Å². The van der Waals surface area contributed by atoms with Crippen molar-refractivity contribution in [2.75, 3.05) is 42.9 Å². The van der Waals surface area contributed by atoms with Crippen LogP contribution in [0.1, 0.15) is 12.8 Å². The molecule has 1 aliphatic heterocycles. The first kappa shape index (κ1) is 21.5. The molecule has 0 atom stereocenters. The maximum Gasteiger partial charge on any atom is 0.316 e. The van der Waals surface area contributed by atoms with Crippen molar-refractivity contribution >= 4 is 29.3 Å². The smallest absolute Gasteiger partial charge is 0.316 e. The van der Waals surface area contributed by atoms with E-state index in [4.69, 9.17) is 9.47 Å². The lowest BCUT2D eigenvalue weighted by Gasteiger charge is -2.32. The van der Waals surface area contributed by atoms with Gasteiger partial charge in [0, 0.05) is 56.0 Å². The number of hydrogen-bond acceptors (Lipinski definition) is 8. The van der Waals surface area contributed by atoms with E-state index in [1.807, 2.05) is 37.4 Å². The summed E-state index contributed by atoms with van der Waals surface area (Å²) in [6, 6.07) is 10.2. The number of carbonyl (C=O) groups is 1. The number of amides is 1. The molecule has 3 heterocycles. The summed E-state index contributed by atoms with van der Waals surface area (Å²) < 4.78 is 10.5. The van der Waals surface area contributed by atoms with Crippen LogP contribution < -0.4 is 20.3 Å². The molecule has 1 fully saturated rings. The Morgan fingerprint density at radius 2 is 1.78 bits per heavy atom. The van der Waals surface area contributed by atoms with Crippen LogP contribution in [0.2, 0.25) is 0 Å². The Morgan fingerprint density at radius 3 is 2.41 bits per heavy atom. The lowest BCUT2D eigenvalue weighted by Crippen LogP contribution is -2.39. The molecule has 4 rings (SSSR count). The Balaban J connectivity index is 1.53. The molecule has 0 saturated carbocycles. The van der Waals surface area contributed by atoms with Crippen LogP contribution in [0.15, 0.2) is 48.9 Å². The molecule has 166 valence electrons. The van der Waals surface area contributed by atoms with Crippen LogP contribution in [0.3, 0.4) is 0 Å². The monoisotopic (exact) mass is 434 g/mol. The lowest BCUT2D eigenvalue weighted by molar-refractivity contribution is -0.108.